The van der Waals surface area contributed by atoms with Gasteiger partial charge in [-0.05, 0) is 120 Å². The number of ether oxygens (including phenoxy) is 16. The summed E-state index contributed by atoms with van der Waals surface area (Å²) in [6, 6.07) is 26.6. The smallest absolute Gasteiger partial charge is 0.355 e. The summed E-state index contributed by atoms with van der Waals surface area (Å²) in [7, 11) is 2.20. The van der Waals surface area contributed by atoms with Gasteiger partial charge in [0.25, 0.3) is 0 Å². The number of carbonyl (C=O) groups excluding carboxylic acids is 5. The van der Waals surface area contributed by atoms with Crippen molar-refractivity contribution in [3.8, 4) is 0 Å². The second kappa shape index (κ2) is 40.6. The van der Waals surface area contributed by atoms with Crippen LogP contribution in [0.15, 0.2) is 124 Å². The standard InChI is InChI=1S/C27H35BrO9.C27H33BrO8.C27H31BrO8.CH4.H2P2S/c1-15(28)13-19(35-27(33)16-5-3-2-4-6-16)8-7-17(30)14-21-22(31)25-26(37-21)23(32)24-20(36-25)10-9-18(34-24)11-12-29;2*1-15(28)13-18(32-26(30)16-5-3-2-4-6-16)9-11-27-14-20-22(35-27)23-24(34-20)25(36-27)21-19(33-23)8-7-17(31-21)10-12-29;;1-2-3/h2-6,18-26,29,31-32H,1,7-14H2;2-6,17-25,29H,1,7-14H2;2-6,12,17-25H,1,7-11,13-14H2;1H4;1H2/p+1/t18?,19-,20-,21+,22-,23-,24-,25-,26-;2*17?,18-,19-,20+,21-,22-,23-,24+,25-,27-;;/m000../s1/i/hT. The van der Waals surface area contributed by atoms with Crippen molar-refractivity contribution >= 4 is 105 Å². The number of hydrogen-bond acceptors (Lipinski definition) is 26. The van der Waals surface area contributed by atoms with Gasteiger partial charge in [0.2, 0.25) is 0 Å². The van der Waals surface area contributed by atoms with Gasteiger partial charge in [-0.15, -0.1) is 0 Å². The van der Waals surface area contributed by atoms with E-state index in [4.69, 9.17) is 77.1 Å². The van der Waals surface area contributed by atoms with Gasteiger partial charge in [-0.1, -0.05) is 130 Å². The van der Waals surface area contributed by atoms with Gasteiger partial charge >= 0.3 is 19.2 Å². The Bertz CT molecular complexity index is 3790. The molecule has 0 aliphatic carbocycles. The van der Waals surface area contributed by atoms with Gasteiger partial charge in [0.05, 0.1) is 80.6 Å². The highest BCUT2D eigenvalue weighted by Crippen LogP contribution is 2.56. The lowest BCUT2D eigenvalue weighted by molar-refractivity contribution is -0.293. The largest absolute Gasteiger partial charge is 0.458 e. The molecular weight excluding hydrogens is 1720 g/mol. The number of esters is 3. The molecule has 0 spiro atoms. The predicted octanol–water partition coefficient (Wildman–Crippen LogP) is 11.5. The molecule has 25 nitrogen and oxygen atoms in total. The highest BCUT2D eigenvalue weighted by Gasteiger charge is 2.71. The lowest BCUT2D eigenvalue weighted by atomic mass is 9.87. The Balaban J connectivity index is 0.000000154. The molecule has 31 heteroatoms. The van der Waals surface area contributed by atoms with Crippen LogP contribution in [-0.2, 0) is 97.2 Å². The van der Waals surface area contributed by atoms with Crippen molar-refractivity contribution in [3.63, 3.8) is 0 Å². The number of fused-ring (bicyclic) bond motifs is 4. The molecule has 15 fully saturated rings. The molecule has 12 bridgehead atoms. The Kier molecular flexibility index (Phi) is 31.3. The van der Waals surface area contributed by atoms with E-state index in [1.165, 1.54) is 0 Å². The summed E-state index contributed by atoms with van der Waals surface area (Å²) in [5, 5.41) is 40.4. The number of carbonyl (C=O) groups is 5. The van der Waals surface area contributed by atoms with Crippen molar-refractivity contribution in [1.29, 1.82) is 1.28 Å². The van der Waals surface area contributed by atoms with E-state index in [1.807, 2.05) is 42.5 Å². The van der Waals surface area contributed by atoms with Crippen LogP contribution in [0.3, 0.4) is 0 Å². The maximum atomic E-state index is 12.8. The summed E-state index contributed by atoms with van der Waals surface area (Å²) in [6.07, 6.45) is 2.26. The number of hydrogen-bond donors (Lipinski definition) is 4. The molecule has 15 heterocycles. The van der Waals surface area contributed by atoms with Crippen LogP contribution >= 0.6 is 63.7 Å². The number of aldehydes is 1. The minimum absolute atomic E-state index is 0. The average Bonchev–Trinajstić information content (AvgIpc) is 1.55. The van der Waals surface area contributed by atoms with Crippen LogP contribution in [-0.4, -0.2) is 241 Å². The molecule has 0 radical (unpaired) electrons. The van der Waals surface area contributed by atoms with Gasteiger partial charge < -0.3 is 101 Å². The summed E-state index contributed by atoms with van der Waals surface area (Å²) in [5.41, 5.74) is 1.45. The highest BCUT2D eigenvalue weighted by molar-refractivity contribution is 9.12. The molecule has 15 saturated heterocycles. The Labute approximate surface area is 695 Å². The molecule has 31 atom stereocenters. The fourth-order valence-corrected chi connectivity index (χ4v) is 19.3. The summed E-state index contributed by atoms with van der Waals surface area (Å²) in [5.74, 6) is -3.07. The molecule has 3 aromatic carbocycles. The minimum atomic E-state index is -1.06. The van der Waals surface area contributed by atoms with Gasteiger partial charge in [0.1, 0.15) is 122 Å². The van der Waals surface area contributed by atoms with Crippen molar-refractivity contribution < 1.29 is 120 Å². The molecule has 3 aromatic rings. The predicted molar refractivity (Wildman–Crippen MR) is 430 cm³/mol. The first-order chi connectivity index (χ1) is 54.4. The molecule has 15 aliphatic rings. The molecular formula is C82H106Br3O25P2S+. The first-order valence-corrected chi connectivity index (χ1v) is 44.9. The fourth-order valence-electron chi connectivity index (χ4n) is 18.2. The van der Waals surface area contributed by atoms with E-state index in [-0.39, 0.29) is 167 Å². The molecule has 620 valence electrons. The fraction of sp³-hybridized carbons (Fsp3) is 0.646. The summed E-state index contributed by atoms with van der Waals surface area (Å²) >= 11 is 14.5. The van der Waals surface area contributed by atoms with E-state index in [0.29, 0.717) is 117 Å². The first-order valence-electron chi connectivity index (χ1n) is 39.5. The van der Waals surface area contributed by atoms with Crippen LogP contribution in [0.4, 0.5) is 0 Å². The maximum absolute atomic E-state index is 12.8. The number of halogens is 3. The Morgan fingerprint density at radius 3 is 1.27 bits per heavy atom. The van der Waals surface area contributed by atoms with Crippen LogP contribution in [0.5, 0.6) is 0 Å². The maximum Gasteiger partial charge on any atom is 0.355 e. The highest BCUT2D eigenvalue weighted by atomic mass is 79.9. The van der Waals surface area contributed by atoms with E-state index < -0.39 is 73.4 Å². The first kappa shape index (κ1) is 87.2. The second-order valence-corrected chi connectivity index (χ2v) is 37.1. The summed E-state index contributed by atoms with van der Waals surface area (Å²) in [6.45, 7) is 10.9. The average molecular weight is 1830 g/mol. The van der Waals surface area contributed by atoms with E-state index in [9.17, 15) is 44.4 Å². The number of benzene rings is 3. The lowest BCUT2D eigenvalue weighted by Crippen LogP contribution is -2.61. The molecule has 15 aliphatic heterocycles. The molecule has 0 saturated carbocycles. The van der Waals surface area contributed by atoms with Crippen LogP contribution in [0.2, 0.25) is 0 Å². The van der Waals surface area contributed by atoms with Gasteiger partial charge in [0.15, 0.2) is 30.4 Å². The minimum Gasteiger partial charge on any atom is -0.458 e. The van der Waals surface area contributed by atoms with Gasteiger partial charge in [0, 0.05) is 77.4 Å². The third kappa shape index (κ3) is 21.4. The molecule has 113 heavy (non-hydrogen) atoms. The Morgan fingerprint density at radius 2 is 0.858 bits per heavy atom. The zero-order valence-electron chi connectivity index (χ0n) is 63.1. The number of Topliss-reactive ketones (excluding diaryl/α,β-unsaturated/α-hetero) is 1. The van der Waals surface area contributed by atoms with Gasteiger partial charge in [-0.3, -0.25) is 4.79 Å². The van der Waals surface area contributed by atoms with E-state index in [2.05, 4.69) is 88.3 Å². The number of rotatable bonds is 29. The lowest BCUT2D eigenvalue weighted by Gasteiger charge is -2.47. The quantitative estimate of drug-likeness (QED) is 0.0217. The zero-order valence-corrected chi connectivity index (χ0v) is 69.8. The van der Waals surface area contributed by atoms with Gasteiger partial charge in [-0.25, -0.2) is 14.4 Å². The monoisotopic (exact) mass is 1820 g/mol. The second-order valence-electron chi connectivity index (χ2n) is 31.0. The Hall–Kier alpha value is -3.66. The molecule has 4 N–H and O–H groups in total. The van der Waals surface area contributed by atoms with E-state index in [0.717, 1.165) is 40.9 Å². The molecule has 0 amide bonds. The van der Waals surface area contributed by atoms with Crippen molar-refractivity contribution in [2.75, 3.05) is 13.2 Å². The Morgan fingerprint density at radius 1 is 0.504 bits per heavy atom. The van der Waals surface area contributed by atoms with Crippen molar-refractivity contribution in [3.05, 3.63) is 141 Å². The normalized spacial score (nSPS) is 37.5. The number of aliphatic hydroxyl groups excluding tert-OH is 4. The third-order valence-electron chi connectivity index (χ3n) is 23.3. The topological polar surface area (TPSA) is 314 Å². The van der Waals surface area contributed by atoms with Crippen molar-refractivity contribution in [2.24, 2.45) is 0 Å². The number of ketones is 1. The zero-order chi connectivity index (χ0) is 79.8. The summed E-state index contributed by atoms with van der Waals surface area (Å²) < 4.78 is 109. The van der Waals surface area contributed by atoms with Crippen LogP contribution < -0.4 is 0 Å². The van der Waals surface area contributed by atoms with Crippen LogP contribution in [0, 0.1) is 0 Å². The van der Waals surface area contributed by atoms with Crippen molar-refractivity contribution in [2.45, 2.75) is 319 Å². The van der Waals surface area contributed by atoms with Crippen LogP contribution in [0.1, 0.15) is 173 Å². The van der Waals surface area contributed by atoms with E-state index >= 15 is 0 Å². The summed E-state index contributed by atoms with van der Waals surface area (Å²) in [4.78, 5) is 61.9. The van der Waals surface area contributed by atoms with Gasteiger partial charge in [-0.2, -0.15) is 0 Å². The molecule has 5 unspecified atom stereocenters. The number of aliphatic hydroxyl groups is 4. The van der Waals surface area contributed by atoms with Crippen LogP contribution in [0.25, 0.3) is 0 Å². The van der Waals surface area contributed by atoms with Crippen molar-refractivity contribution in [1.82, 2.24) is 0 Å². The molecule has 0 aromatic heterocycles. The molecule has 18 rings (SSSR count). The third-order valence-corrected chi connectivity index (χ3v) is 24.2. The SMILES string of the molecule is C.C=C(Br)C[C@H](CCC(=O)C[C@H]1O[C@H]2[C@@H](O)[C@H]3OC(CCO)CC[C@@H]3O[C@H]2[C@H]1O)OC(=O)c1ccccc1.C=C(Br)C[C@H](CC[C@@]12C[C@H]3O[C@H]4[C@@H](O1)[C@H]1OC(CC=O)CC[C@@H]1O[C@H]4[C@H]3O2)OC(=O)c1ccccc1.C=C(Br)C[C@H](CC[C@@]12C[C@H]3O[C@H]4[C@@H](O1)[C@H]1OC(CCO)CC[C@@H]1O[C@H]4[C@H]3O2)OC(=O)c1ccccc1.[3H][P+](P)=S. The van der Waals surface area contributed by atoms with E-state index in [1.54, 1.807) is 48.5 Å².